The highest BCUT2D eigenvalue weighted by Gasteiger charge is 2.30. The zero-order chi connectivity index (χ0) is 13.9. The number of hydrogen-bond acceptors (Lipinski definition) is 5. The molecule has 1 atom stereocenters. The number of likely N-dealkylation sites (N-methyl/N-ethyl adjacent to an activating group) is 1. The molecule has 0 saturated heterocycles. The summed E-state index contributed by atoms with van der Waals surface area (Å²) in [5.41, 5.74) is 1.25. The summed E-state index contributed by atoms with van der Waals surface area (Å²) in [5.74, 6) is 0.495. The zero-order valence-electron chi connectivity index (χ0n) is 11.6. The molecule has 1 heterocycles. The van der Waals surface area contributed by atoms with E-state index >= 15 is 0 Å². The molecule has 1 saturated carbocycles. The zero-order valence-corrected chi connectivity index (χ0v) is 12.4. The van der Waals surface area contributed by atoms with Crippen LogP contribution in [0.5, 0.6) is 0 Å². The largest absolute Gasteiger partial charge is 0.391 e. The Morgan fingerprint density at radius 1 is 1.30 bits per heavy atom. The summed E-state index contributed by atoms with van der Waals surface area (Å²) in [6.07, 6.45) is 2.90. The highest BCUT2D eigenvalue weighted by molar-refractivity contribution is 7.15. The van der Waals surface area contributed by atoms with Crippen LogP contribution in [0.3, 0.4) is 0 Å². The fraction of sp³-hybridized carbons (Fsp3) is 0.467. The molecule has 5 heteroatoms. The van der Waals surface area contributed by atoms with E-state index in [1.807, 2.05) is 30.1 Å². The van der Waals surface area contributed by atoms with Crippen molar-refractivity contribution in [3.8, 4) is 0 Å². The quantitative estimate of drug-likeness (QED) is 0.887. The Bertz CT molecular complexity index is 553. The van der Waals surface area contributed by atoms with Gasteiger partial charge in [0.05, 0.1) is 6.10 Å². The highest BCUT2D eigenvalue weighted by Crippen LogP contribution is 2.33. The number of benzene rings is 1. The van der Waals surface area contributed by atoms with Crippen LogP contribution in [0.25, 0.3) is 0 Å². The van der Waals surface area contributed by atoms with Gasteiger partial charge < -0.3 is 10.0 Å². The molecular formula is C15H19N3OS. The van der Waals surface area contributed by atoms with E-state index in [4.69, 9.17) is 0 Å². The van der Waals surface area contributed by atoms with Crippen LogP contribution in [0.2, 0.25) is 0 Å². The first kappa shape index (κ1) is 13.5. The molecule has 1 N–H and O–H groups in total. The predicted molar refractivity (Wildman–Crippen MR) is 81.2 cm³/mol. The second-order valence-corrected chi connectivity index (χ2v) is 6.47. The average Bonchev–Trinajstić information content (AvgIpc) is 3.20. The maximum atomic E-state index is 9.98. The van der Waals surface area contributed by atoms with E-state index in [0.29, 0.717) is 12.5 Å². The molecule has 1 aliphatic rings. The summed E-state index contributed by atoms with van der Waals surface area (Å²) in [6, 6.07) is 10.3. The van der Waals surface area contributed by atoms with Crippen LogP contribution in [0.1, 0.15) is 23.4 Å². The summed E-state index contributed by atoms with van der Waals surface area (Å²) < 4.78 is 0. The van der Waals surface area contributed by atoms with E-state index in [9.17, 15) is 5.11 Å². The monoisotopic (exact) mass is 289 g/mol. The van der Waals surface area contributed by atoms with Crippen molar-refractivity contribution >= 4 is 16.5 Å². The maximum absolute atomic E-state index is 9.98. The van der Waals surface area contributed by atoms with Crippen LogP contribution in [0.15, 0.2) is 30.3 Å². The van der Waals surface area contributed by atoms with E-state index < -0.39 is 0 Å². The molecule has 1 aliphatic carbocycles. The molecule has 0 radical (unpaired) electrons. The Morgan fingerprint density at radius 3 is 2.75 bits per heavy atom. The van der Waals surface area contributed by atoms with E-state index in [0.717, 1.165) is 29.4 Å². The minimum absolute atomic E-state index is 0.235. The lowest BCUT2D eigenvalue weighted by Crippen LogP contribution is -2.30. The molecule has 3 rings (SSSR count). The van der Waals surface area contributed by atoms with Gasteiger partial charge in [-0.25, -0.2) is 0 Å². The number of aromatic nitrogens is 2. The molecule has 0 unspecified atom stereocenters. The number of aliphatic hydroxyl groups excluding tert-OH is 1. The van der Waals surface area contributed by atoms with Gasteiger partial charge in [0.15, 0.2) is 0 Å². The predicted octanol–water partition coefficient (Wildman–Crippen LogP) is 2.34. The Hall–Kier alpha value is -1.46. The van der Waals surface area contributed by atoms with Gasteiger partial charge in [-0.1, -0.05) is 41.7 Å². The van der Waals surface area contributed by atoms with Crippen LogP contribution in [0, 0.1) is 5.92 Å². The van der Waals surface area contributed by atoms with E-state index in [-0.39, 0.29) is 6.10 Å². The summed E-state index contributed by atoms with van der Waals surface area (Å²) >= 11 is 1.60. The molecule has 2 aromatic rings. The van der Waals surface area contributed by atoms with Crippen molar-refractivity contribution in [1.29, 1.82) is 0 Å². The molecule has 4 nitrogen and oxygen atoms in total. The molecular weight excluding hydrogens is 270 g/mol. The SMILES string of the molecule is CN(C[C@@H](O)C1CC1)c1nnc(Cc2ccccc2)s1. The Labute approximate surface area is 123 Å². The topological polar surface area (TPSA) is 49.2 Å². The number of nitrogens with zero attached hydrogens (tertiary/aromatic N) is 3. The third kappa shape index (κ3) is 3.35. The number of anilines is 1. The van der Waals surface area contributed by atoms with E-state index in [2.05, 4.69) is 22.3 Å². The van der Waals surface area contributed by atoms with Crippen molar-refractivity contribution in [2.45, 2.75) is 25.4 Å². The Balaban J connectivity index is 1.61. The first-order valence-electron chi connectivity index (χ1n) is 6.98. The van der Waals surface area contributed by atoms with Gasteiger partial charge in [-0.3, -0.25) is 0 Å². The van der Waals surface area contributed by atoms with Crippen LogP contribution < -0.4 is 4.90 Å². The fourth-order valence-corrected chi connectivity index (χ4v) is 3.07. The number of rotatable bonds is 6. The Morgan fingerprint density at radius 2 is 2.05 bits per heavy atom. The van der Waals surface area contributed by atoms with Crippen LogP contribution in [-0.2, 0) is 6.42 Å². The second-order valence-electron chi connectivity index (χ2n) is 5.43. The smallest absolute Gasteiger partial charge is 0.208 e. The average molecular weight is 289 g/mol. The van der Waals surface area contributed by atoms with Crippen LogP contribution >= 0.6 is 11.3 Å². The minimum atomic E-state index is -0.235. The van der Waals surface area contributed by atoms with Gasteiger partial charge in [-0.15, -0.1) is 10.2 Å². The summed E-state index contributed by atoms with van der Waals surface area (Å²) in [4.78, 5) is 2.01. The third-order valence-electron chi connectivity index (χ3n) is 3.61. The second kappa shape index (κ2) is 5.89. The van der Waals surface area contributed by atoms with Crippen LogP contribution in [-0.4, -0.2) is 35.0 Å². The molecule has 0 aliphatic heterocycles. The molecule has 0 bridgehead atoms. The van der Waals surface area contributed by atoms with E-state index in [1.165, 1.54) is 5.56 Å². The first-order valence-corrected chi connectivity index (χ1v) is 7.79. The molecule has 1 aromatic heterocycles. The number of hydrogen-bond donors (Lipinski definition) is 1. The maximum Gasteiger partial charge on any atom is 0.208 e. The van der Waals surface area contributed by atoms with Gasteiger partial charge in [0, 0.05) is 20.0 Å². The molecule has 0 spiro atoms. The van der Waals surface area contributed by atoms with Crippen molar-refractivity contribution in [3.05, 3.63) is 40.9 Å². The fourth-order valence-electron chi connectivity index (χ4n) is 2.23. The highest BCUT2D eigenvalue weighted by atomic mass is 32.1. The molecule has 0 amide bonds. The van der Waals surface area contributed by atoms with Crippen molar-refractivity contribution < 1.29 is 5.11 Å². The van der Waals surface area contributed by atoms with E-state index in [1.54, 1.807) is 11.3 Å². The summed E-state index contributed by atoms with van der Waals surface area (Å²) in [6.45, 7) is 0.643. The minimum Gasteiger partial charge on any atom is -0.391 e. The lowest BCUT2D eigenvalue weighted by molar-refractivity contribution is 0.158. The molecule has 1 aromatic carbocycles. The number of aliphatic hydroxyl groups is 1. The van der Waals surface area contributed by atoms with Gasteiger partial charge in [-0.2, -0.15) is 0 Å². The lowest BCUT2D eigenvalue weighted by atomic mass is 10.2. The van der Waals surface area contributed by atoms with Gasteiger partial charge in [-0.05, 0) is 24.3 Å². The lowest BCUT2D eigenvalue weighted by Gasteiger charge is -2.18. The van der Waals surface area contributed by atoms with Crippen LogP contribution in [0.4, 0.5) is 5.13 Å². The van der Waals surface area contributed by atoms with Gasteiger partial charge in [0.2, 0.25) is 5.13 Å². The third-order valence-corrected chi connectivity index (χ3v) is 4.65. The Kier molecular flexibility index (Phi) is 3.98. The molecule has 20 heavy (non-hydrogen) atoms. The van der Waals surface area contributed by atoms with Gasteiger partial charge >= 0.3 is 0 Å². The van der Waals surface area contributed by atoms with Crippen molar-refractivity contribution in [2.24, 2.45) is 5.92 Å². The molecule has 106 valence electrons. The summed E-state index contributed by atoms with van der Waals surface area (Å²) in [5, 5.41) is 20.3. The van der Waals surface area contributed by atoms with Gasteiger partial charge in [0.25, 0.3) is 0 Å². The molecule has 1 fully saturated rings. The normalized spacial score (nSPS) is 16.1. The van der Waals surface area contributed by atoms with Crippen molar-refractivity contribution in [1.82, 2.24) is 10.2 Å². The summed E-state index contributed by atoms with van der Waals surface area (Å²) in [7, 11) is 1.97. The van der Waals surface area contributed by atoms with Crippen molar-refractivity contribution in [3.63, 3.8) is 0 Å². The standard InChI is InChI=1S/C15H19N3OS/c1-18(10-13(19)12-7-8-12)15-17-16-14(20-15)9-11-5-3-2-4-6-11/h2-6,12-13,19H,7-10H2,1H3/t13-/m1/s1. The first-order chi connectivity index (χ1) is 9.72. The van der Waals surface area contributed by atoms with Gasteiger partial charge in [0.1, 0.15) is 5.01 Å². The van der Waals surface area contributed by atoms with Crippen molar-refractivity contribution in [2.75, 3.05) is 18.5 Å².